The fourth-order valence-electron chi connectivity index (χ4n) is 2.07. The van der Waals surface area contributed by atoms with Gasteiger partial charge in [0.05, 0.1) is 0 Å². The van der Waals surface area contributed by atoms with Crippen molar-refractivity contribution in [2.45, 2.75) is 32.2 Å². The first-order valence-electron chi connectivity index (χ1n) is 5.71. The summed E-state index contributed by atoms with van der Waals surface area (Å²) in [5.41, 5.74) is 0. The van der Waals surface area contributed by atoms with Crippen LogP contribution in [0.1, 0.15) is 26.2 Å². The molecule has 1 aliphatic rings. The average Bonchev–Trinajstić information content (AvgIpc) is 2.14. The summed E-state index contributed by atoms with van der Waals surface area (Å²) in [6.07, 6.45) is 2.71. The molecule has 1 rings (SSSR count). The number of nitrogens with zero attached hydrogens (tertiary/aromatic N) is 1. The van der Waals surface area contributed by atoms with E-state index in [0.29, 0.717) is 6.04 Å². The standard InChI is InChI=1S/C11H22N2O2/c1-9(6-11(14)15)7-12-10-4-3-5-13(2)8-10/h9-10,12H,3-8H2,1-2H3,(H,14,15). The second kappa shape index (κ2) is 6.08. The summed E-state index contributed by atoms with van der Waals surface area (Å²) in [5.74, 6) is -0.486. The van der Waals surface area contributed by atoms with Crippen LogP contribution < -0.4 is 5.32 Å². The van der Waals surface area contributed by atoms with Crippen molar-refractivity contribution < 1.29 is 9.90 Å². The molecule has 1 aliphatic heterocycles. The Bertz CT molecular complexity index is 209. The van der Waals surface area contributed by atoms with E-state index >= 15 is 0 Å². The zero-order chi connectivity index (χ0) is 11.3. The van der Waals surface area contributed by atoms with Crippen LogP contribution in [-0.2, 0) is 4.79 Å². The molecule has 0 radical (unpaired) electrons. The molecule has 0 aromatic heterocycles. The Hall–Kier alpha value is -0.610. The number of carboxylic acids is 1. The van der Waals surface area contributed by atoms with Gasteiger partial charge in [-0.3, -0.25) is 4.79 Å². The van der Waals surface area contributed by atoms with Crippen LogP contribution in [0.25, 0.3) is 0 Å². The molecule has 4 heteroatoms. The summed E-state index contributed by atoms with van der Waals surface area (Å²) in [4.78, 5) is 12.8. The Morgan fingerprint density at radius 2 is 2.40 bits per heavy atom. The van der Waals surface area contributed by atoms with Gasteiger partial charge in [0, 0.05) is 19.0 Å². The lowest BCUT2D eigenvalue weighted by atomic mass is 10.0. The number of carbonyl (C=O) groups is 1. The van der Waals surface area contributed by atoms with Crippen molar-refractivity contribution in [2.75, 3.05) is 26.7 Å². The average molecular weight is 214 g/mol. The Balaban J connectivity index is 2.15. The minimum Gasteiger partial charge on any atom is -0.481 e. The van der Waals surface area contributed by atoms with E-state index in [1.54, 1.807) is 0 Å². The molecule has 0 amide bonds. The summed E-state index contributed by atoms with van der Waals surface area (Å²) >= 11 is 0. The highest BCUT2D eigenvalue weighted by Gasteiger charge is 2.17. The van der Waals surface area contributed by atoms with Crippen LogP contribution in [0.3, 0.4) is 0 Å². The molecule has 0 spiro atoms. The highest BCUT2D eigenvalue weighted by atomic mass is 16.4. The van der Waals surface area contributed by atoms with Crippen LogP contribution in [0.2, 0.25) is 0 Å². The smallest absolute Gasteiger partial charge is 0.303 e. The number of likely N-dealkylation sites (tertiary alicyclic amines) is 1. The quantitative estimate of drug-likeness (QED) is 0.710. The van der Waals surface area contributed by atoms with Crippen molar-refractivity contribution in [1.29, 1.82) is 0 Å². The fourth-order valence-corrected chi connectivity index (χ4v) is 2.07. The molecule has 0 saturated carbocycles. The number of nitrogens with one attached hydrogen (secondary N) is 1. The summed E-state index contributed by atoms with van der Waals surface area (Å²) in [7, 11) is 2.13. The van der Waals surface area contributed by atoms with Gasteiger partial charge in [0.25, 0.3) is 0 Å². The van der Waals surface area contributed by atoms with Crippen molar-refractivity contribution in [1.82, 2.24) is 10.2 Å². The molecular formula is C11H22N2O2. The van der Waals surface area contributed by atoms with Crippen LogP contribution in [0.4, 0.5) is 0 Å². The van der Waals surface area contributed by atoms with Gasteiger partial charge in [0.2, 0.25) is 0 Å². The van der Waals surface area contributed by atoms with Crippen LogP contribution in [0.15, 0.2) is 0 Å². The Morgan fingerprint density at radius 1 is 1.67 bits per heavy atom. The number of aliphatic carboxylic acids is 1. The second-order valence-electron chi connectivity index (χ2n) is 4.71. The molecule has 1 saturated heterocycles. The highest BCUT2D eigenvalue weighted by molar-refractivity contribution is 5.66. The van der Waals surface area contributed by atoms with Crippen molar-refractivity contribution >= 4 is 5.97 Å². The predicted molar refractivity (Wildman–Crippen MR) is 59.9 cm³/mol. The van der Waals surface area contributed by atoms with Gasteiger partial charge < -0.3 is 15.3 Å². The van der Waals surface area contributed by atoms with Gasteiger partial charge in [-0.1, -0.05) is 6.92 Å². The van der Waals surface area contributed by atoms with Crippen LogP contribution in [0, 0.1) is 5.92 Å². The minimum atomic E-state index is -0.704. The van der Waals surface area contributed by atoms with Crippen molar-refractivity contribution in [2.24, 2.45) is 5.92 Å². The van der Waals surface area contributed by atoms with Crippen LogP contribution in [0.5, 0.6) is 0 Å². The van der Waals surface area contributed by atoms with Gasteiger partial charge in [0.1, 0.15) is 0 Å². The molecule has 1 heterocycles. The number of hydrogen-bond donors (Lipinski definition) is 2. The fraction of sp³-hybridized carbons (Fsp3) is 0.909. The molecule has 4 nitrogen and oxygen atoms in total. The van der Waals surface area contributed by atoms with Gasteiger partial charge in [-0.15, -0.1) is 0 Å². The number of rotatable bonds is 5. The topological polar surface area (TPSA) is 52.6 Å². The third kappa shape index (κ3) is 5.14. The lowest BCUT2D eigenvalue weighted by molar-refractivity contribution is -0.137. The molecule has 2 N–H and O–H groups in total. The maximum absolute atomic E-state index is 10.5. The van der Waals surface area contributed by atoms with Crippen molar-refractivity contribution in [3.8, 4) is 0 Å². The molecule has 2 atom stereocenters. The monoisotopic (exact) mass is 214 g/mol. The van der Waals surface area contributed by atoms with E-state index in [9.17, 15) is 4.79 Å². The van der Waals surface area contributed by atoms with Crippen molar-refractivity contribution in [3.63, 3.8) is 0 Å². The minimum absolute atomic E-state index is 0.217. The van der Waals surface area contributed by atoms with Crippen LogP contribution >= 0.6 is 0 Å². The second-order valence-corrected chi connectivity index (χ2v) is 4.71. The zero-order valence-corrected chi connectivity index (χ0v) is 9.70. The van der Waals surface area contributed by atoms with E-state index in [1.807, 2.05) is 6.92 Å². The molecule has 88 valence electrons. The Labute approximate surface area is 91.6 Å². The van der Waals surface area contributed by atoms with Gasteiger partial charge in [-0.05, 0) is 38.9 Å². The van der Waals surface area contributed by atoms with Gasteiger partial charge in [-0.2, -0.15) is 0 Å². The summed E-state index contributed by atoms with van der Waals surface area (Å²) < 4.78 is 0. The number of carboxylic acid groups (broad SMARTS) is 1. The summed E-state index contributed by atoms with van der Waals surface area (Å²) in [6.45, 7) is 5.06. The number of piperidine rings is 1. The third-order valence-electron chi connectivity index (χ3n) is 2.90. The Morgan fingerprint density at radius 3 is 3.00 bits per heavy atom. The predicted octanol–water partition coefficient (Wildman–Crippen LogP) is 0.781. The Kier molecular flexibility index (Phi) is 5.05. The zero-order valence-electron chi connectivity index (χ0n) is 9.70. The van der Waals surface area contributed by atoms with E-state index in [4.69, 9.17) is 5.11 Å². The maximum Gasteiger partial charge on any atom is 0.303 e. The van der Waals surface area contributed by atoms with Gasteiger partial charge in [-0.25, -0.2) is 0 Å². The first kappa shape index (κ1) is 12.5. The van der Waals surface area contributed by atoms with Gasteiger partial charge >= 0.3 is 5.97 Å². The van der Waals surface area contributed by atoms with E-state index in [-0.39, 0.29) is 12.3 Å². The number of hydrogen-bond acceptors (Lipinski definition) is 3. The molecular weight excluding hydrogens is 192 g/mol. The largest absolute Gasteiger partial charge is 0.481 e. The van der Waals surface area contributed by atoms with Crippen molar-refractivity contribution in [3.05, 3.63) is 0 Å². The van der Waals surface area contributed by atoms with E-state index in [2.05, 4.69) is 17.3 Å². The first-order valence-corrected chi connectivity index (χ1v) is 5.71. The SMILES string of the molecule is CC(CNC1CCCN(C)C1)CC(=O)O. The normalized spacial score (nSPS) is 25.1. The molecule has 0 aromatic carbocycles. The lowest BCUT2D eigenvalue weighted by Crippen LogP contribution is -2.45. The lowest BCUT2D eigenvalue weighted by Gasteiger charge is -2.31. The van der Waals surface area contributed by atoms with E-state index in [0.717, 1.165) is 13.1 Å². The maximum atomic E-state index is 10.5. The van der Waals surface area contributed by atoms with Crippen LogP contribution in [-0.4, -0.2) is 48.7 Å². The van der Waals surface area contributed by atoms with E-state index < -0.39 is 5.97 Å². The molecule has 15 heavy (non-hydrogen) atoms. The highest BCUT2D eigenvalue weighted by Crippen LogP contribution is 2.09. The first-order chi connectivity index (χ1) is 7.08. The van der Waals surface area contributed by atoms with E-state index in [1.165, 1.54) is 19.4 Å². The molecule has 2 unspecified atom stereocenters. The summed E-state index contributed by atoms with van der Waals surface area (Å²) in [6, 6.07) is 0.542. The third-order valence-corrected chi connectivity index (χ3v) is 2.90. The molecule has 0 bridgehead atoms. The molecule has 0 aliphatic carbocycles. The summed E-state index contributed by atoms with van der Waals surface area (Å²) in [5, 5.41) is 12.1. The molecule has 0 aromatic rings. The number of likely N-dealkylation sites (N-methyl/N-ethyl adjacent to an activating group) is 1. The van der Waals surface area contributed by atoms with Gasteiger partial charge in [0.15, 0.2) is 0 Å². The molecule has 1 fully saturated rings.